The van der Waals surface area contributed by atoms with E-state index >= 15 is 0 Å². The molecule has 1 aromatic rings. The highest BCUT2D eigenvalue weighted by Gasteiger charge is 2.32. The standard InChI is InChI=1S/C14H17NO5/c1-19-7-6-15(9-13(16)17)14(18)12-8-10-4-2-3-5-11(10)20-12/h2-5,12H,6-9H2,1H3,(H,16,17). The molecule has 0 aromatic heterocycles. The van der Waals surface area contributed by atoms with Crippen LogP contribution in [0.2, 0.25) is 0 Å². The first-order valence-corrected chi connectivity index (χ1v) is 6.36. The SMILES string of the molecule is COCCN(CC(=O)O)C(=O)C1Cc2ccccc2O1. The summed E-state index contributed by atoms with van der Waals surface area (Å²) < 4.78 is 10.5. The lowest BCUT2D eigenvalue weighted by Gasteiger charge is -2.23. The maximum Gasteiger partial charge on any atom is 0.323 e. The van der Waals surface area contributed by atoms with Gasteiger partial charge in [-0.1, -0.05) is 18.2 Å². The van der Waals surface area contributed by atoms with E-state index in [0.29, 0.717) is 18.8 Å². The van der Waals surface area contributed by atoms with Crippen LogP contribution < -0.4 is 4.74 Å². The highest BCUT2D eigenvalue weighted by molar-refractivity contribution is 5.85. The molecule has 0 saturated carbocycles. The summed E-state index contributed by atoms with van der Waals surface area (Å²) in [6, 6.07) is 7.43. The van der Waals surface area contributed by atoms with E-state index in [2.05, 4.69) is 0 Å². The van der Waals surface area contributed by atoms with Crippen LogP contribution in [0.25, 0.3) is 0 Å². The third kappa shape index (κ3) is 3.27. The summed E-state index contributed by atoms with van der Waals surface area (Å²) in [7, 11) is 1.51. The smallest absolute Gasteiger partial charge is 0.323 e. The van der Waals surface area contributed by atoms with Crippen LogP contribution in [0.5, 0.6) is 5.75 Å². The normalized spacial score (nSPS) is 16.4. The van der Waals surface area contributed by atoms with Crippen molar-refractivity contribution in [2.45, 2.75) is 12.5 Å². The van der Waals surface area contributed by atoms with Crippen LogP contribution >= 0.6 is 0 Å². The van der Waals surface area contributed by atoms with E-state index in [1.807, 2.05) is 18.2 Å². The maximum atomic E-state index is 12.3. The van der Waals surface area contributed by atoms with Gasteiger partial charge in [0, 0.05) is 20.1 Å². The molecule has 0 fully saturated rings. The van der Waals surface area contributed by atoms with Crippen LogP contribution in [0.1, 0.15) is 5.56 Å². The maximum absolute atomic E-state index is 12.3. The Hall–Kier alpha value is -2.08. The van der Waals surface area contributed by atoms with E-state index in [4.69, 9.17) is 14.6 Å². The zero-order valence-electron chi connectivity index (χ0n) is 11.2. The zero-order valence-corrected chi connectivity index (χ0v) is 11.2. The molecule has 0 saturated heterocycles. The molecule has 1 heterocycles. The topological polar surface area (TPSA) is 76.1 Å². The van der Waals surface area contributed by atoms with Crippen molar-refractivity contribution in [1.29, 1.82) is 0 Å². The minimum Gasteiger partial charge on any atom is -0.480 e. The summed E-state index contributed by atoms with van der Waals surface area (Å²) in [5, 5.41) is 8.87. The quantitative estimate of drug-likeness (QED) is 0.823. The average molecular weight is 279 g/mol. The van der Waals surface area contributed by atoms with E-state index in [0.717, 1.165) is 5.56 Å². The number of methoxy groups -OCH3 is 1. The Morgan fingerprint density at radius 2 is 2.20 bits per heavy atom. The Labute approximate surface area is 116 Å². The van der Waals surface area contributed by atoms with Gasteiger partial charge in [0.05, 0.1) is 6.61 Å². The van der Waals surface area contributed by atoms with Crippen LogP contribution in [0, 0.1) is 0 Å². The predicted molar refractivity (Wildman–Crippen MR) is 70.7 cm³/mol. The van der Waals surface area contributed by atoms with Gasteiger partial charge in [-0.2, -0.15) is 0 Å². The predicted octanol–water partition coefficient (Wildman–Crippen LogP) is 0.550. The summed E-state index contributed by atoms with van der Waals surface area (Å²) in [6.45, 7) is 0.176. The van der Waals surface area contributed by atoms with E-state index in [1.165, 1.54) is 12.0 Å². The summed E-state index contributed by atoms with van der Waals surface area (Å²) >= 11 is 0. The van der Waals surface area contributed by atoms with Crippen LogP contribution in [0.15, 0.2) is 24.3 Å². The van der Waals surface area contributed by atoms with Gasteiger partial charge in [0.2, 0.25) is 0 Å². The van der Waals surface area contributed by atoms with Gasteiger partial charge in [0.25, 0.3) is 5.91 Å². The first-order chi connectivity index (χ1) is 9.61. The van der Waals surface area contributed by atoms with E-state index in [1.54, 1.807) is 6.07 Å². The fraction of sp³-hybridized carbons (Fsp3) is 0.429. The second-order valence-corrected chi connectivity index (χ2v) is 4.56. The van der Waals surface area contributed by atoms with E-state index in [-0.39, 0.29) is 19.0 Å². The molecule has 1 aliphatic rings. The number of ether oxygens (including phenoxy) is 2. The monoisotopic (exact) mass is 279 g/mol. The molecular weight excluding hydrogens is 262 g/mol. The number of carbonyl (C=O) groups excluding carboxylic acids is 1. The average Bonchev–Trinajstić information content (AvgIpc) is 2.86. The molecule has 0 bridgehead atoms. The fourth-order valence-corrected chi connectivity index (χ4v) is 2.16. The molecule has 20 heavy (non-hydrogen) atoms. The van der Waals surface area contributed by atoms with E-state index in [9.17, 15) is 9.59 Å². The second-order valence-electron chi connectivity index (χ2n) is 4.56. The van der Waals surface area contributed by atoms with Crippen molar-refractivity contribution < 1.29 is 24.2 Å². The Balaban J connectivity index is 2.03. The molecule has 1 unspecified atom stereocenters. The van der Waals surface area contributed by atoms with Crippen molar-refractivity contribution >= 4 is 11.9 Å². The van der Waals surface area contributed by atoms with Gasteiger partial charge in [0.15, 0.2) is 6.10 Å². The van der Waals surface area contributed by atoms with Gasteiger partial charge < -0.3 is 19.5 Å². The highest BCUT2D eigenvalue weighted by Crippen LogP contribution is 2.28. The minimum atomic E-state index is -1.05. The van der Waals surface area contributed by atoms with Crippen LogP contribution in [-0.4, -0.2) is 54.8 Å². The summed E-state index contributed by atoms with van der Waals surface area (Å²) in [6.07, 6.45) is -0.179. The molecule has 0 spiro atoms. The molecule has 2 rings (SSSR count). The first kappa shape index (κ1) is 14.3. The zero-order chi connectivity index (χ0) is 14.5. The third-order valence-electron chi connectivity index (χ3n) is 3.13. The van der Waals surface area contributed by atoms with Crippen molar-refractivity contribution in [1.82, 2.24) is 4.90 Å². The first-order valence-electron chi connectivity index (χ1n) is 6.36. The molecule has 0 aliphatic carbocycles. The Bertz CT molecular complexity index is 477. The molecule has 1 N–H and O–H groups in total. The molecule has 1 aromatic carbocycles. The van der Waals surface area contributed by atoms with Crippen molar-refractivity contribution in [3.05, 3.63) is 29.8 Å². The fourth-order valence-electron chi connectivity index (χ4n) is 2.16. The van der Waals surface area contributed by atoms with Crippen molar-refractivity contribution in [2.24, 2.45) is 0 Å². The highest BCUT2D eigenvalue weighted by atomic mass is 16.5. The van der Waals surface area contributed by atoms with E-state index < -0.39 is 12.1 Å². The molecule has 1 aliphatic heterocycles. The van der Waals surface area contributed by atoms with Gasteiger partial charge in [-0.3, -0.25) is 9.59 Å². The Kier molecular flexibility index (Phi) is 4.57. The van der Waals surface area contributed by atoms with Crippen molar-refractivity contribution in [2.75, 3.05) is 26.8 Å². The lowest BCUT2D eigenvalue weighted by Crippen LogP contribution is -2.45. The lowest BCUT2D eigenvalue weighted by molar-refractivity contribution is -0.148. The number of aliphatic carboxylic acids is 1. The van der Waals surface area contributed by atoms with Gasteiger partial charge in [0.1, 0.15) is 12.3 Å². The number of benzene rings is 1. The minimum absolute atomic E-state index is 0.234. The van der Waals surface area contributed by atoms with Crippen molar-refractivity contribution in [3.8, 4) is 5.75 Å². The van der Waals surface area contributed by atoms with Crippen molar-refractivity contribution in [3.63, 3.8) is 0 Å². The second kappa shape index (κ2) is 6.38. The summed E-state index contributed by atoms with van der Waals surface area (Å²) in [5.41, 5.74) is 0.966. The number of hydrogen-bond acceptors (Lipinski definition) is 4. The number of rotatable bonds is 6. The summed E-state index contributed by atoms with van der Waals surface area (Å²) in [4.78, 5) is 24.4. The largest absolute Gasteiger partial charge is 0.480 e. The number of nitrogens with zero attached hydrogens (tertiary/aromatic N) is 1. The summed E-state index contributed by atoms with van der Waals surface area (Å²) in [5.74, 6) is -0.682. The molecule has 1 atom stereocenters. The molecule has 6 heteroatoms. The molecule has 0 radical (unpaired) electrons. The number of fused-ring (bicyclic) bond motifs is 1. The number of carbonyl (C=O) groups is 2. The van der Waals surface area contributed by atoms with Gasteiger partial charge in [-0.15, -0.1) is 0 Å². The molecule has 6 nitrogen and oxygen atoms in total. The van der Waals surface area contributed by atoms with Gasteiger partial charge >= 0.3 is 5.97 Å². The third-order valence-corrected chi connectivity index (χ3v) is 3.13. The van der Waals surface area contributed by atoms with Crippen LogP contribution in [-0.2, 0) is 20.7 Å². The number of amides is 1. The van der Waals surface area contributed by atoms with Crippen LogP contribution in [0.4, 0.5) is 0 Å². The number of hydrogen-bond donors (Lipinski definition) is 1. The molecular formula is C14H17NO5. The van der Waals surface area contributed by atoms with Gasteiger partial charge in [-0.05, 0) is 11.6 Å². The number of carboxylic acid groups (broad SMARTS) is 1. The molecule has 108 valence electrons. The van der Waals surface area contributed by atoms with Crippen LogP contribution in [0.3, 0.4) is 0 Å². The Morgan fingerprint density at radius 3 is 2.85 bits per heavy atom. The number of carboxylic acids is 1. The lowest BCUT2D eigenvalue weighted by atomic mass is 10.1. The Morgan fingerprint density at radius 1 is 1.45 bits per heavy atom. The molecule has 1 amide bonds. The van der Waals surface area contributed by atoms with Gasteiger partial charge in [-0.25, -0.2) is 0 Å². The number of para-hydroxylation sites is 1.